The molecule has 2 atom stereocenters. The molecule has 10 nitrogen and oxygen atoms in total. The Bertz CT molecular complexity index is 2440. The zero-order chi connectivity index (χ0) is 35.6. The molecule has 0 radical (unpaired) electrons. The second kappa shape index (κ2) is 12.3. The third-order valence-corrected chi connectivity index (χ3v) is 9.89. The van der Waals surface area contributed by atoms with Crippen molar-refractivity contribution in [2.45, 2.75) is 57.0 Å². The number of hydrogen-bond donors (Lipinski definition) is 2. The minimum atomic E-state index is -4.75. The summed E-state index contributed by atoms with van der Waals surface area (Å²) in [6.07, 6.45) is -0.784. The molecule has 13 heteroatoms. The van der Waals surface area contributed by atoms with Gasteiger partial charge in [0.1, 0.15) is 11.6 Å². The van der Waals surface area contributed by atoms with E-state index in [0.717, 1.165) is 52.2 Å². The van der Waals surface area contributed by atoms with E-state index in [9.17, 15) is 22.8 Å². The van der Waals surface area contributed by atoms with E-state index >= 15 is 0 Å². The largest absolute Gasteiger partial charge is 0.435 e. The molecule has 0 saturated heterocycles. The molecule has 0 bridgehead atoms. The van der Waals surface area contributed by atoms with Gasteiger partial charge in [0, 0.05) is 30.9 Å². The molecule has 4 aromatic heterocycles. The number of aromatic nitrogens is 6. The third-order valence-electron chi connectivity index (χ3n) is 9.89. The van der Waals surface area contributed by atoms with Crippen molar-refractivity contribution in [1.82, 2.24) is 29.1 Å². The van der Waals surface area contributed by atoms with Crippen LogP contribution in [0.1, 0.15) is 73.4 Å². The maximum Gasteiger partial charge on any atom is 0.435 e. The van der Waals surface area contributed by atoms with Crippen molar-refractivity contribution in [2.24, 2.45) is 5.92 Å². The summed E-state index contributed by atoms with van der Waals surface area (Å²) in [6.45, 7) is 4.63. The van der Waals surface area contributed by atoms with Gasteiger partial charge in [0.05, 0.1) is 22.3 Å². The first-order valence-corrected chi connectivity index (χ1v) is 17.1. The fourth-order valence-electron chi connectivity index (χ4n) is 6.92. The first kappa shape index (κ1) is 32.6. The first-order valence-electron chi connectivity index (χ1n) is 17.1. The molecule has 2 saturated carbocycles. The third kappa shape index (κ3) is 6.00. The fourth-order valence-corrected chi connectivity index (χ4v) is 6.92. The van der Waals surface area contributed by atoms with Crippen LogP contribution in [0.2, 0.25) is 0 Å². The Morgan fingerprint density at radius 3 is 2.27 bits per heavy atom. The number of alkyl halides is 3. The number of fused-ring (bicyclic) bond motifs is 2. The molecule has 2 aliphatic rings. The van der Waals surface area contributed by atoms with Crippen molar-refractivity contribution in [3.05, 3.63) is 116 Å². The lowest BCUT2D eigenvalue weighted by atomic mass is 10.1. The number of nitrogens with zero attached hydrogens (tertiary/aromatic N) is 6. The summed E-state index contributed by atoms with van der Waals surface area (Å²) in [4.78, 5) is 43.6. The van der Waals surface area contributed by atoms with Crippen LogP contribution < -0.4 is 22.0 Å². The summed E-state index contributed by atoms with van der Waals surface area (Å²) >= 11 is 0. The molecule has 2 fully saturated rings. The van der Waals surface area contributed by atoms with E-state index in [-0.39, 0.29) is 23.4 Å². The van der Waals surface area contributed by atoms with Gasteiger partial charge < -0.3 is 10.6 Å². The van der Waals surface area contributed by atoms with Crippen LogP contribution >= 0.6 is 0 Å². The van der Waals surface area contributed by atoms with Crippen LogP contribution in [0.25, 0.3) is 33.3 Å². The van der Waals surface area contributed by atoms with E-state index in [0.29, 0.717) is 46.3 Å². The SMILES string of the molecule is CNc1nc(=O)n(-c2ccc(C3CC3CNc3nc(=O)n(-c4cccnc4C(F)(F)F)c4cc(C5CC5)ccc34)cc2)c2nc(C(C)C)ccc12. The van der Waals surface area contributed by atoms with Crippen molar-refractivity contribution in [1.29, 1.82) is 0 Å². The molecule has 6 aromatic rings. The van der Waals surface area contributed by atoms with Gasteiger partial charge in [-0.1, -0.05) is 32.0 Å². The number of anilines is 2. The van der Waals surface area contributed by atoms with Crippen molar-refractivity contribution < 1.29 is 13.2 Å². The Morgan fingerprint density at radius 2 is 1.57 bits per heavy atom. The Hall–Kier alpha value is -5.59. The molecule has 51 heavy (non-hydrogen) atoms. The van der Waals surface area contributed by atoms with Crippen molar-refractivity contribution >= 4 is 33.6 Å². The Kier molecular flexibility index (Phi) is 7.88. The lowest BCUT2D eigenvalue weighted by molar-refractivity contribution is -0.141. The number of rotatable bonds is 9. The number of hydrogen-bond acceptors (Lipinski definition) is 8. The summed E-state index contributed by atoms with van der Waals surface area (Å²) in [7, 11) is 1.73. The highest BCUT2D eigenvalue weighted by Crippen LogP contribution is 2.48. The van der Waals surface area contributed by atoms with Crippen molar-refractivity contribution in [2.75, 3.05) is 24.2 Å². The maximum absolute atomic E-state index is 14.0. The van der Waals surface area contributed by atoms with E-state index in [1.54, 1.807) is 7.05 Å². The van der Waals surface area contributed by atoms with E-state index in [1.165, 1.54) is 16.7 Å². The van der Waals surface area contributed by atoms with Gasteiger partial charge in [-0.2, -0.15) is 23.1 Å². The zero-order valence-corrected chi connectivity index (χ0v) is 28.2. The molecule has 2 unspecified atom stereocenters. The highest BCUT2D eigenvalue weighted by atomic mass is 19.4. The molecule has 2 aromatic carbocycles. The number of benzene rings is 2. The lowest BCUT2D eigenvalue weighted by Crippen LogP contribution is -2.26. The first-order chi connectivity index (χ1) is 24.5. The summed E-state index contributed by atoms with van der Waals surface area (Å²) in [5.41, 5.74) is 1.80. The minimum absolute atomic E-state index is 0.181. The molecular formula is C38H35F3N8O2. The van der Waals surface area contributed by atoms with Crippen LogP contribution in [-0.4, -0.2) is 42.7 Å². The Balaban J connectivity index is 1.06. The molecule has 2 N–H and O–H groups in total. The maximum atomic E-state index is 14.0. The predicted octanol–water partition coefficient (Wildman–Crippen LogP) is 7.15. The number of nitrogens with one attached hydrogen (secondary N) is 2. The van der Waals surface area contributed by atoms with Crippen LogP contribution in [-0.2, 0) is 6.18 Å². The minimum Gasteiger partial charge on any atom is -0.372 e. The topological polar surface area (TPSA) is 120 Å². The van der Waals surface area contributed by atoms with Crippen LogP contribution in [0.5, 0.6) is 0 Å². The monoisotopic (exact) mass is 692 g/mol. The smallest absolute Gasteiger partial charge is 0.372 e. The quantitative estimate of drug-likeness (QED) is 0.164. The van der Waals surface area contributed by atoms with Crippen LogP contribution in [0.15, 0.2) is 82.5 Å². The standard InChI is InChI=1S/C38H35F3N8O2/c1-20(2)29-15-14-27-33(42-3)46-36(50)48(35(27)45-29)25-11-8-22(9-12-25)28-17-24(28)19-44-34-26-13-10-23(21-6-7-21)18-31(26)49(37(51)47-34)30-5-4-16-43-32(30)38(39,40)41/h4-5,8-16,18,20-21,24,28H,6-7,17,19H2,1-3H3,(H,42,46,50)(H,44,47,51). The van der Waals surface area contributed by atoms with E-state index in [4.69, 9.17) is 4.98 Å². The molecule has 0 amide bonds. The van der Waals surface area contributed by atoms with Gasteiger partial charge in [-0.05, 0) is 103 Å². The Morgan fingerprint density at radius 1 is 0.863 bits per heavy atom. The van der Waals surface area contributed by atoms with Gasteiger partial charge in [-0.3, -0.25) is 4.57 Å². The Labute approximate surface area is 290 Å². The predicted molar refractivity (Wildman–Crippen MR) is 190 cm³/mol. The zero-order valence-electron chi connectivity index (χ0n) is 28.2. The van der Waals surface area contributed by atoms with Gasteiger partial charge >= 0.3 is 17.6 Å². The van der Waals surface area contributed by atoms with E-state index in [1.807, 2.05) is 54.6 Å². The number of pyridine rings is 2. The normalized spacial score (nSPS) is 17.3. The van der Waals surface area contributed by atoms with Crippen LogP contribution in [0, 0.1) is 5.92 Å². The van der Waals surface area contributed by atoms with Crippen LogP contribution in [0.4, 0.5) is 24.8 Å². The fraction of sp³-hybridized carbons (Fsp3) is 0.316. The highest BCUT2D eigenvalue weighted by Gasteiger charge is 2.39. The second-order valence-corrected chi connectivity index (χ2v) is 13.7. The number of halogens is 3. The summed E-state index contributed by atoms with van der Waals surface area (Å²) in [5.74, 6) is 1.81. The van der Waals surface area contributed by atoms with Crippen molar-refractivity contribution in [3.8, 4) is 11.4 Å². The summed E-state index contributed by atoms with van der Waals surface area (Å²) < 4.78 is 44.5. The summed E-state index contributed by atoms with van der Waals surface area (Å²) in [6, 6.07) is 20.0. The average Bonchev–Trinajstić information content (AvgIpc) is 4.05. The second-order valence-electron chi connectivity index (χ2n) is 13.7. The van der Waals surface area contributed by atoms with Gasteiger partial charge in [0.2, 0.25) is 0 Å². The molecule has 0 aliphatic heterocycles. The molecule has 260 valence electrons. The van der Waals surface area contributed by atoms with Crippen LogP contribution in [0.3, 0.4) is 0 Å². The summed E-state index contributed by atoms with van der Waals surface area (Å²) in [5, 5.41) is 7.65. The average molecular weight is 693 g/mol. The molecule has 2 aliphatic carbocycles. The van der Waals surface area contributed by atoms with Gasteiger partial charge in [-0.25, -0.2) is 24.1 Å². The molecular weight excluding hydrogens is 657 g/mol. The molecule has 8 rings (SSSR count). The van der Waals surface area contributed by atoms with Crippen molar-refractivity contribution in [3.63, 3.8) is 0 Å². The van der Waals surface area contributed by atoms with Gasteiger partial charge in [0.25, 0.3) is 0 Å². The molecule has 0 spiro atoms. The lowest BCUT2D eigenvalue weighted by Gasteiger charge is -2.17. The highest BCUT2D eigenvalue weighted by molar-refractivity contribution is 5.91. The van der Waals surface area contributed by atoms with Gasteiger partial charge in [-0.15, -0.1) is 0 Å². The van der Waals surface area contributed by atoms with Gasteiger partial charge in [0.15, 0.2) is 11.3 Å². The van der Waals surface area contributed by atoms with E-state index < -0.39 is 23.2 Å². The van der Waals surface area contributed by atoms with E-state index in [2.05, 4.69) is 39.4 Å². The molecule has 4 heterocycles.